The average Bonchev–Trinajstić information content (AvgIpc) is 3.66. The molecule has 0 fully saturated rings. The van der Waals surface area contributed by atoms with Crippen LogP contribution in [0.25, 0.3) is 77.7 Å². The molecule has 1 N–H and O–H groups in total. The molecule has 0 atom stereocenters. The van der Waals surface area contributed by atoms with Crippen molar-refractivity contribution < 1.29 is 0 Å². The van der Waals surface area contributed by atoms with Gasteiger partial charge in [0.2, 0.25) is 0 Å². The zero-order valence-corrected chi connectivity index (χ0v) is 23.9. The van der Waals surface area contributed by atoms with Crippen molar-refractivity contribution in [3.8, 4) is 22.8 Å². The lowest BCUT2D eigenvalue weighted by molar-refractivity contribution is 0.964. The first-order chi connectivity index (χ1) is 21.1. The molecule has 8 heteroatoms. The normalized spacial score (nSPS) is 12.2. The van der Waals surface area contributed by atoms with Crippen molar-refractivity contribution in [3.05, 3.63) is 108 Å². The molecule has 8 nitrogen and oxygen atoms in total. The highest BCUT2D eigenvalue weighted by Crippen LogP contribution is 2.34. The van der Waals surface area contributed by atoms with Crippen molar-refractivity contribution in [2.45, 2.75) is 6.92 Å². The molecular weight excluding hydrogens is 532 g/mol. The molecular formula is C35H26N8. The largest absolute Gasteiger partial charge is 0.324 e. The molecule has 4 heterocycles. The van der Waals surface area contributed by atoms with Crippen molar-refractivity contribution in [1.29, 1.82) is 0 Å². The fourth-order valence-electron chi connectivity index (χ4n) is 5.94. The van der Waals surface area contributed by atoms with E-state index in [1.165, 1.54) is 0 Å². The fraction of sp³-hybridized carbons (Fsp3) is 0.0857. The quantitative estimate of drug-likeness (QED) is 0.220. The molecule has 1 aliphatic heterocycles. The predicted octanol–water partition coefficient (Wildman–Crippen LogP) is 6.83. The van der Waals surface area contributed by atoms with Crippen molar-refractivity contribution in [2.24, 2.45) is 12.0 Å². The Morgan fingerprint density at radius 1 is 0.535 bits per heavy atom. The van der Waals surface area contributed by atoms with E-state index in [0.29, 0.717) is 28.4 Å². The lowest BCUT2D eigenvalue weighted by Gasteiger charge is -1.99. The SMILES string of the molecule is C/N=c1\nc2[nH]c(nc3nc(nc4c5ccccc5c(nc(C)c5ccccc15)n4C)-c1ccccc1-3)c1ccccc21. The van der Waals surface area contributed by atoms with Gasteiger partial charge in [-0.2, -0.15) is 0 Å². The topological polar surface area (TPSA) is 97.5 Å². The maximum atomic E-state index is 5.20. The van der Waals surface area contributed by atoms with E-state index < -0.39 is 0 Å². The molecule has 0 saturated carbocycles. The van der Waals surface area contributed by atoms with Crippen LogP contribution in [0.4, 0.5) is 0 Å². The van der Waals surface area contributed by atoms with E-state index in [9.17, 15) is 0 Å². The molecule has 0 spiro atoms. The Kier molecular flexibility index (Phi) is 5.62. The van der Waals surface area contributed by atoms with Crippen LogP contribution < -0.4 is 5.49 Å². The van der Waals surface area contributed by atoms with Gasteiger partial charge in [-0.15, -0.1) is 0 Å². The van der Waals surface area contributed by atoms with Crippen molar-refractivity contribution >= 4 is 54.9 Å². The molecule has 3 aromatic heterocycles. The van der Waals surface area contributed by atoms with Gasteiger partial charge < -0.3 is 9.55 Å². The zero-order valence-electron chi connectivity index (χ0n) is 23.9. The van der Waals surface area contributed by atoms with E-state index in [1.807, 2.05) is 97.4 Å². The molecule has 0 saturated heterocycles. The minimum Gasteiger partial charge on any atom is -0.324 e. The number of aromatic amines is 1. The summed E-state index contributed by atoms with van der Waals surface area (Å²) in [6, 6.07) is 32.5. The van der Waals surface area contributed by atoms with E-state index >= 15 is 0 Å². The van der Waals surface area contributed by atoms with Crippen molar-refractivity contribution in [1.82, 2.24) is 34.5 Å². The molecule has 4 aromatic carbocycles. The van der Waals surface area contributed by atoms with Crippen LogP contribution in [0.3, 0.4) is 0 Å². The highest BCUT2D eigenvalue weighted by molar-refractivity contribution is 6.06. The van der Waals surface area contributed by atoms with Crippen molar-refractivity contribution in [3.63, 3.8) is 0 Å². The Bertz CT molecular complexity index is 2510. The van der Waals surface area contributed by atoms with Crippen LogP contribution in [0, 0.1) is 6.92 Å². The summed E-state index contributed by atoms with van der Waals surface area (Å²) in [5.74, 6) is 1.21. The highest BCUT2D eigenvalue weighted by Gasteiger charge is 2.20. The van der Waals surface area contributed by atoms with E-state index in [4.69, 9.17) is 24.9 Å². The van der Waals surface area contributed by atoms with Crippen LogP contribution in [0.1, 0.15) is 5.69 Å². The number of fused-ring (bicyclic) bond motifs is 16. The molecule has 1 aliphatic rings. The second-order valence-electron chi connectivity index (χ2n) is 10.5. The smallest absolute Gasteiger partial charge is 0.164 e. The number of H-pyrrole nitrogens is 1. The Morgan fingerprint density at radius 3 is 1.65 bits per heavy atom. The van der Waals surface area contributed by atoms with Crippen LogP contribution in [-0.2, 0) is 7.05 Å². The highest BCUT2D eigenvalue weighted by atomic mass is 15.1. The van der Waals surface area contributed by atoms with E-state index in [-0.39, 0.29) is 0 Å². The van der Waals surface area contributed by atoms with Crippen LogP contribution in [-0.4, -0.2) is 41.5 Å². The Hall–Kier alpha value is -5.76. The minimum absolute atomic E-state index is 0.597. The second-order valence-corrected chi connectivity index (χ2v) is 10.5. The summed E-state index contributed by atoms with van der Waals surface area (Å²) in [7, 11) is 3.77. The van der Waals surface area contributed by atoms with E-state index in [1.54, 1.807) is 7.05 Å². The summed E-state index contributed by atoms with van der Waals surface area (Å²) in [5, 5.41) is 5.77. The first kappa shape index (κ1) is 25.0. The van der Waals surface area contributed by atoms with Gasteiger partial charge in [-0.25, -0.2) is 24.9 Å². The Balaban J connectivity index is 1.66. The predicted molar refractivity (Wildman–Crippen MR) is 172 cm³/mol. The summed E-state index contributed by atoms with van der Waals surface area (Å²) in [5.41, 5.74) is 6.27. The molecule has 0 aliphatic carbocycles. The first-order valence-corrected chi connectivity index (χ1v) is 14.1. The maximum Gasteiger partial charge on any atom is 0.164 e. The lowest BCUT2D eigenvalue weighted by Crippen LogP contribution is -2.06. The van der Waals surface area contributed by atoms with Gasteiger partial charge in [-0.05, 0) is 6.92 Å². The summed E-state index contributed by atoms with van der Waals surface area (Å²) in [4.78, 5) is 33.6. The van der Waals surface area contributed by atoms with Crippen LogP contribution in [0.5, 0.6) is 0 Å². The summed E-state index contributed by atoms with van der Waals surface area (Å²) in [6.07, 6.45) is 0. The number of aryl methyl sites for hydroxylation is 2. The van der Waals surface area contributed by atoms with Gasteiger partial charge in [0.05, 0.1) is 0 Å². The molecule has 7 aromatic rings. The number of hydrogen-bond acceptors (Lipinski definition) is 6. The summed E-state index contributed by atoms with van der Waals surface area (Å²) < 4.78 is 2.04. The Morgan fingerprint density at radius 2 is 1.02 bits per heavy atom. The number of nitrogens with one attached hydrogen (secondary N) is 1. The standard InChI is InChI=1S/C35H26N8/c1-20-21-12-4-5-13-22(21)29(36-2)38-30-23-14-6-7-15-24(23)31(39-30)40-32-25-16-8-9-17-26(25)33(41-32)42-35-28-19-11-10-18-27(28)34(37-20)43(35)3/h4-19H,1-3H3,(H,36,38,39,40,41,42). The van der Waals surface area contributed by atoms with Crippen molar-refractivity contribution in [2.75, 3.05) is 7.05 Å². The van der Waals surface area contributed by atoms with Gasteiger partial charge in [0.15, 0.2) is 17.1 Å². The summed E-state index contributed by atoms with van der Waals surface area (Å²) in [6.45, 7) is 2.03. The summed E-state index contributed by atoms with van der Waals surface area (Å²) >= 11 is 0. The number of rotatable bonds is 0. The monoisotopic (exact) mass is 558 g/mol. The van der Waals surface area contributed by atoms with Crippen LogP contribution in [0.15, 0.2) is 102 Å². The first-order valence-electron chi connectivity index (χ1n) is 14.1. The fourth-order valence-corrected chi connectivity index (χ4v) is 5.94. The van der Waals surface area contributed by atoms with Gasteiger partial charge in [0, 0.05) is 63.2 Å². The van der Waals surface area contributed by atoms with E-state index in [2.05, 4.69) is 28.2 Å². The molecule has 206 valence electrons. The van der Waals surface area contributed by atoms with Gasteiger partial charge in [-0.1, -0.05) is 97.1 Å². The number of hydrogen-bond donors (Lipinski definition) is 1. The zero-order chi connectivity index (χ0) is 29.1. The molecule has 43 heavy (non-hydrogen) atoms. The van der Waals surface area contributed by atoms with Crippen LogP contribution in [0.2, 0.25) is 0 Å². The maximum absolute atomic E-state index is 5.20. The second kappa shape index (κ2) is 9.66. The third-order valence-electron chi connectivity index (χ3n) is 8.03. The molecule has 0 radical (unpaired) electrons. The third-order valence-corrected chi connectivity index (χ3v) is 8.03. The molecule has 0 unspecified atom stereocenters. The number of aromatic nitrogens is 7. The lowest BCUT2D eigenvalue weighted by atomic mass is 10.1. The van der Waals surface area contributed by atoms with E-state index in [0.717, 1.165) is 60.4 Å². The molecule has 8 rings (SSSR count). The van der Waals surface area contributed by atoms with Gasteiger partial charge in [0.25, 0.3) is 0 Å². The molecule has 0 amide bonds. The minimum atomic E-state index is 0.597. The number of benzene rings is 4. The number of nitrogens with zero attached hydrogens (tertiary/aromatic N) is 7. The third kappa shape index (κ3) is 3.91. The Labute approximate surface area is 246 Å². The molecule has 6 bridgehead atoms. The average molecular weight is 559 g/mol. The van der Waals surface area contributed by atoms with Gasteiger partial charge in [-0.3, -0.25) is 4.99 Å². The van der Waals surface area contributed by atoms with Gasteiger partial charge in [0.1, 0.15) is 22.6 Å². The van der Waals surface area contributed by atoms with Gasteiger partial charge >= 0.3 is 0 Å². The van der Waals surface area contributed by atoms with Crippen LogP contribution >= 0.6 is 0 Å².